The molecule has 0 spiro atoms. The van der Waals surface area contributed by atoms with Crippen LogP contribution in [0.3, 0.4) is 0 Å². The number of hydrogen-bond donors (Lipinski definition) is 0. The number of carbonyl (C=O) groups is 1. The second-order valence-corrected chi connectivity index (χ2v) is 7.46. The maximum absolute atomic E-state index is 12.8. The molecule has 164 valence electrons. The minimum absolute atomic E-state index is 0.0434. The van der Waals surface area contributed by atoms with Crippen LogP contribution in [0.2, 0.25) is 0 Å². The first kappa shape index (κ1) is 21.7. The van der Waals surface area contributed by atoms with E-state index in [0.29, 0.717) is 18.8 Å². The van der Waals surface area contributed by atoms with Crippen LogP contribution in [-0.4, -0.2) is 24.1 Å². The summed E-state index contributed by atoms with van der Waals surface area (Å²) in [6, 6.07) is 23.7. The third-order valence-corrected chi connectivity index (χ3v) is 5.28. The van der Waals surface area contributed by atoms with Crippen LogP contribution < -0.4 is 4.74 Å². The molecule has 1 aliphatic rings. The van der Waals surface area contributed by atoms with Crippen LogP contribution in [0.15, 0.2) is 78.9 Å². The van der Waals surface area contributed by atoms with Gasteiger partial charge in [0.25, 0.3) is 0 Å². The van der Waals surface area contributed by atoms with Crippen LogP contribution in [-0.2, 0) is 14.3 Å². The quantitative estimate of drug-likeness (QED) is 0.221. The fourth-order valence-corrected chi connectivity index (χ4v) is 3.72. The van der Waals surface area contributed by atoms with Gasteiger partial charge in [-0.25, -0.2) is 0 Å². The van der Waals surface area contributed by atoms with Crippen molar-refractivity contribution >= 4 is 11.7 Å². The SMILES string of the molecule is O=C(CC(c1ccccc1)c1ccccc1)Oc1ccc(C2OCCCO2)cc1[N+](=O)[O-]. The van der Waals surface area contributed by atoms with Gasteiger partial charge in [-0.15, -0.1) is 0 Å². The minimum atomic E-state index is -0.659. The van der Waals surface area contributed by atoms with Crippen molar-refractivity contribution in [1.82, 2.24) is 0 Å². The van der Waals surface area contributed by atoms with Gasteiger partial charge in [0.05, 0.1) is 24.6 Å². The zero-order valence-corrected chi connectivity index (χ0v) is 17.4. The first-order valence-electron chi connectivity index (χ1n) is 10.4. The zero-order valence-electron chi connectivity index (χ0n) is 17.4. The van der Waals surface area contributed by atoms with Gasteiger partial charge in [-0.2, -0.15) is 0 Å². The van der Waals surface area contributed by atoms with Crippen LogP contribution in [0, 0.1) is 10.1 Å². The van der Waals surface area contributed by atoms with Crippen molar-refractivity contribution in [2.75, 3.05) is 13.2 Å². The summed E-state index contributed by atoms with van der Waals surface area (Å²) in [6.45, 7) is 1.05. The van der Waals surface area contributed by atoms with Crippen LogP contribution >= 0.6 is 0 Å². The molecule has 3 aromatic carbocycles. The fraction of sp³-hybridized carbons (Fsp3) is 0.240. The molecule has 3 aromatic rings. The molecule has 0 amide bonds. The largest absolute Gasteiger partial charge is 0.419 e. The molecule has 1 aliphatic heterocycles. The lowest BCUT2D eigenvalue weighted by Gasteiger charge is -2.23. The van der Waals surface area contributed by atoms with E-state index in [1.54, 1.807) is 6.07 Å². The van der Waals surface area contributed by atoms with Gasteiger partial charge < -0.3 is 14.2 Å². The van der Waals surface area contributed by atoms with Crippen molar-refractivity contribution in [3.8, 4) is 5.75 Å². The van der Waals surface area contributed by atoms with E-state index in [9.17, 15) is 14.9 Å². The average Bonchev–Trinajstić information content (AvgIpc) is 2.84. The predicted octanol–water partition coefficient (Wildman–Crippen LogP) is 5.16. The van der Waals surface area contributed by atoms with Crippen molar-refractivity contribution in [1.29, 1.82) is 0 Å². The highest BCUT2D eigenvalue weighted by atomic mass is 16.7. The van der Waals surface area contributed by atoms with Gasteiger partial charge in [0.15, 0.2) is 6.29 Å². The Morgan fingerprint density at radius 1 is 0.969 bits per heavy atom. The van der Waals surface area contributed by atoms with Gasteiger partial charge in [0.1, 0.15) is 0 Å². The van der Waals surface area contributed by atoms with Crippen molar-refractivity contribution < 1.29 is 23.9 Å². The van der Waals surface area contributed by atoms with Crippen molar-refractivity contribution in [2.45, 2.75) is 25.0 Å². The molecule has 0 aliphatic carbocycles. The standard InChI is InChI=1S/C25H23NO6/c27-24(17-21(18-8-3-1-4-9-18)19-10-5-2-6-11-19)32-23-13-12-20(16-22(23)26(28)29)25-30-14-7-15-31-25/h1-6,8-13,16,21,25H,7,14-15,17H2. The Morgan fingerprint density at radius 2 is 1.56 bits per heavy atom. The van der Waals surface area contributed by atoms with E-state index in [4.69, 9.17) is 14.2 Å². The van der Waals surface area contributed by atoms with Crippen molar-refractivity contribution in [3.63, 3.8) is 0 Å². The minimum Gasteiger partial charge on any atom is -0.419 e. The summed E-state index contributed by atoms with van der Waals surface area (Å²) < 4.78 is 16.5. The Bertz CT molecular complexity index is 1020. The molecule has 0 unspecified atom stereocenters. The number of ether oxygens (including phenoxy) is 3. The summed E-state index contributed by atoms with van der Waals surface area (Å²) >= 11 is 0. The molecule has 32 heavy (non-hydrogen) atoms. The Hall–Kier alpha value is -3.55. The molecule has 0 bridgehead atoms. The summed E-state index contributed by atoms with van der Waals surface area (Å²) in [5.41, 5.74) is 2.14. The Labute approximate surface area is 185 Å². The van der Waals surface area contributed by atoms with Gasteiger partial charge >= 0.3 is 11.7 Å². The first-order valence-corrected chi connectivity index (χ1v) is 10.4. The molecule has 0 atom stereocenters. The van der Waals surface area contributed by atoms with Gasteiger partial charge in [-0.1, -0.05) is 60.7 Å². The summed E-state index contributed by atoms with van der Waals surface area (Å²) in [6.07, 6.45) is 0.160. The Morgan fingerprint density at radius 3 is 2.12 bits per heavy atom. The van der Waals surface area contributed by atoms with Crippen LogP contribution in [0.4, 0.5) is 5.69 Å². The predicted molar refractivity (Wildman–Crippen MR) is 117 cm³/mol. The normalized spacial score (nSPS) is 14.3. The molecule has 0 aromatic heterocycles. The zero-order chi connectivity index (χ0) is 22.3. The third-order valence-electron chi connectivity index (χ3n) is 5.28. The molecule has 7 nitrogen and oxygen atoms in total. The molecule has 1 fully saturated rings. The summed E-state index contributed by atoms with van der Waals surface area (Å²) in [5, 5.41) is 11.6. The monoisotopic (exact) mass is 433 g/mol. The highest BCUT2D eigenvalue weighted by molar-refractivity contribution is 5.75. The molecular formula is C25H23NO6. The van der Waals surface area contributed by atoms with Gasteiger partial charge in [0, 0.05) is 17.5 Å². The second-order valence-electron chi connectivity index (χ2n) is 7.46. The molecule has 0 N–H and O–H groups in total. The van der Waals surface area contributed by atoms with Crippen LogP contribution in [0.1, 0.15) is 41.7 Å². The number of esters is 1. The van der Waals surface area contributed by atoms with E-state index in [0.717, 1.165) is 17.5 Å². The fourth-order valence-electron chi connectivity index (χ4n) is 3.72. The first-order chi connectivity index (χ1) is 15.6. The second kappa shape index (κ2) is 10.2. The molecule has 0 radical (unpaired) electrons. The number of hydrogen-bond acceptors (Lipinski definition) is 6. The highest BCUT2D eigenvalue weighted by Gasteiger charge is 2.25. The maximum Gasteiger partial charge on any atom is 0.312 e. The lowest BCUT2D eigenvalue weighted by molar-refractivity contribution is -0.385. The van der Waals surface area contributed by atoms with Crippen LogP contribution in [0.25, 0.3) is 0 Å². The highest BCUT2D eigenvalue weighted by Crippen LogP contribution is 2.34. The summed E-state index contributed by atoms with van der Waals surface area (Å²) in [5.74, 6) is -0.879. The lowest BCUT2D eigenvalue weighted by atomic mass is 9.88. The average molecular weight is 433 g/mol. The molecule has 1 saturated heterocycles. The molecule has 4 rings (SSSR count). The number of rotatable bonds is 7. The Balaban J connectivity index is 1.55. The number of nitro groups is 1. The third kappa shape index (κ3) is 5.19. The van der Waals surface area contributed by atoms with E-state index in [1.165, 1.54) is 12.1 Å². The summed E-state index contributed by atoms with van der Waals surface area (Å²) in [4.78, 5) is 23.9. The number of nitro benzene ring substituents is 1. The Kier molecular flexibility index (Phi) is 6.89. The molecule has 0 saturated carbocycles. The molecule has 1 heterocycles. The topological polar surface area (TPSA) is 87.9 Å². The molecular weight excluding hydrogens is 410 g/mol. The van der Waals surface area contributed by atoms with E-state index in [1.807, 2.05) is 60.7 Å². The summed E-state index contributed by atoms with van der Waals surface area (Å²) in [7, 11) is 0. The number of carbonyl (C=O) groups excluding carboxylic acids is 1. The maximum atomic E-state index is 12.8. The number of benzene rings is 3. The lowest BCUT2D eigenvalue weighted by Crippen LogP contribution is -2.18. The number of nitrogens with zero attached hydrogens (tertiary/aromatic N) is 1. The smallest absolute Gasteiger partial charge is 0.312 e. The molecule has 7 heteroatoms. The van der Waals surface area contributed by atoms with E-state index in [2.05, 4.69) is 0 Å². The van der Waals surface area contributed by atoms with Gasteiger partial charge in [-0.05, 0) is 29.7 Å². The van der Waals surface area contributed by atoms with Crippen molar-refractivity contribution in [3.05, 3.63) is 106 Å². The van der Waals surface area contributed by atoms with Crippen LogP contribution in [0.5, 0.6) is 5.75 Å². The van der Waals surface area contributed by atoms with E-state index in [-0.39, 0.29) is 23.8 Å². The van der Waals surface area contributed by atoms with Gasteiger partial charge in [0.2, 0.25) is 5.75 Å². The van der Waals surface area contributed by atoms with E-state index >= 15 is 0 Å². The van der Waals surface area contributed by atoms with E-state index < -0.39 is 17.2 Å². The van der Waals surface area contributed by atoms with Crippen molar-refractivity contribution in [2.24, 2.45) is 0 Å². The van der Waals surface area contributed by atoms with Gasteiger partial charge in [-0.3, -0.25) is 14.9 Å².